The van der Waals surface area contributed by atoms with Crippen LogP contribution in [-0.4, -0.2) is 42.5 Å². The summed E-state index contributed by atoms with van der Waals surface area (Å²) in [5.74, 6) is 0.788. The van der Waals surface area contributed by atoms with Gasteiger partial charge in [-0.1, -0.05) is 37.6 Å². The van der Waals surface area contributed by atoms with Crippen LogP contribution >= 0.6 is 34.3 Å². The van der Waals surface area contributed by atoms with Crippen LogP contribution in [0.25, 0.3) is 9.88 Å². The first-order valence-electron chi connectivity index (χ1n) is 9.88. The van der Waals surface area contributed by atoms with Crippen molar-refractivity contribution in [2.75, 3.05) is 26.7 Å². The molecule has 0 radical (unpaired) electrons. The molecular weight excluding hydrogens is 438 g/mol. The third-order valence-corrected chi connectivity index (χ3v) is 7.19. The fourth-order valence-electron chi connectivity index (χ4n) is 3.34. The van der Waals surface area contributed by atoms with E-state index < -0.39 is 0 Å². The molecule has 0 aliphatic carbocycles. The standard InChI is InChI=1S/C22H26ClN3O2S2/c1-4-26(5-2)18(15-7-6-8-17(11-15)28-3)13-24-21(27)12-16-14-29-22(25-16)19-9-10-20(23)30-19/h6-11,14,18H,4-5,12-13H2,1-3H3,(H,24,27). The van der Waals surface area contributed by atoms with Crippen molar-refractivity contribution in [2.24, 2.45) is 0 Å². The summed E-state index contributed by atoms with van der Waals surface area (Å²) in [5.41, 5.74) is 1.90. The van der Waals surface area contributed by atoms with Crippen LogP contribution < -0.4 is 10.1 Å². The Labute approximate surface area is 190 Å². The molecule has 0 aliphatic rings. The largest absolute Gasteiger partial charge is 0.497 e. The number of thiazole rings is 1. The number of hydrogen-bond donors (Lipinski definition) is 1. The zero-order chi connectivity index (χ0) is 21.5. The van der Waals surface area contributed by atoms with E-state index in [2.05, 4.69) is 35.1 Å². The minimum atomic E-state index is -0.0314. The van der Waals surface area contributed by atoms with Gasteiger partial charge < -0.3 is 10.1 Å². The summed E-state index contributed by atoms with van der Waals surface area (Å²) in [6.45, 7) is 6.59. The number of nitrogens with one attached hydrogen (secondary N) is 1. The molecule has 1 unspecified atom stereocenters. The van der Waals surface area contributed by atoms with Gasteiger partial charge in [0.05, 0.1) is 34.5 Å². The molecule has 0 aliphatic heterocycles. The van der Waals surface area contributed by atoms with Crippen LogP contribution in [0.2, 0.25) is 4.34 Å². The highest BCUT2D eigenvalue weighted by atomic mass is 35.5. The lowest BCUT2D eigenvalue weighted by Gasteiger charge is -2.30. The highest BCUT2D eigenvalue weighted by Crippen LogP contribution is 2.33. The lowest BCUT2D eigenvalue weighted by Crippen LogP contribution is -2.38. The quantitative estimate of drug-likeness (QED) is 0.444. The van der Waals surface area contributed by atoms with E-state index in [1.165, 1.54) is 22.7 Å². The Hall–Kier alpha value is -1.93. The molecule has 2 aromatic heterocycles. The molecule has 0 saturated carbocycles. The third kappa shape index (κ3) is 5.82. The molecular formula is C22H26ClN3O2S2. The molecule has 5 nitrogen and oxygen atoms in total. The molecule has 0 saturated heterocycles. The number of carbonyl (C=O) groups is 1. The zero-order valence-corrected chi connectivity index (χ0v) is 19.7. The number of methoxy groups -OCH3 is 1. The molecule has 0 spiro atoms. The lowest BCUT2D eigenvalue weighted by molar-refractivity contribution is -0.120. The first kappa shape index (κ1) is 22.7. The summed E-state index contributed by atoms with van der Waals surface area (Å²) in [7, 11) is 1.67. The molecule has 0 fully saturated rings. The molecule has 160 valence electrons. The van der Waals surface area contributed by atoms with E-state index in [9.17, 15) is 4.79 Å². The van der Waals surface area contributed by atoms with E-state index in [-0.39, 0.29) is 18.4 Å². The van der Waals surface area contributed by atoms with Gasteiger partial charge in [-0.15, -0.1) is 22.7 Å². The topological polar surface area (TPSA) is 54.5 Å². The van der Waals surface area contributed by atoms with Crippen molar-refractivity contribution >= 4 is 40.2 Å². The number of carbonyl (C=O) groups excluding carboxylic acids is 1. The minimum Gasteiger partial charge on any atom is -0.497 e. The second kappa shape index (κ2) is 10.9. The Morgan fingerprint density at radius 2 is 2.07 bits per heavy atom. The van der Waals surface area contributed by atoms with Gasteiger partial charge in [0.1, 0.15) is 10.8 Å². The van der Waals surface area contributed by atoms with Crippen molar-refractivity contribution in [1.29, 1.82) is 0 Å². The number of aromatic nitrogens is 1. The SMILES string of the molecule is CCN(CC)C(CNC(=O)Cc1csc(-c2ccc(Cl)s2)n1)c1cccc(OC)c1. The number of hydrogen-bond acceptors (Lipinski definition) is 6. The van der Waals surface area contributed by atoms with Crippen molar-refractivity contribution in [1.82, 2.24) is 15.2 Å². The van der Waals surface area contributed by atoms with Gasteiger partial charge in [0.25, 0.3) is 0 Å². The number of amides is 1. The first-order chi connectivity index (χ1) is 14.5. The monoisotopic (exact) mass is 463 g/mol. The average Bonchev–Trinajstić information content (AvgIpc) is 3.40. The lowest BCUT2D eigenvalue weighted by atomic mass is 10.0. The molecule has 30 heavy (non-hydrogen) atoms. The summed E-state index contributed by atoms with van der Waals surface area (Å²) >= 11 is 9.04. The number of benzene rings is 1. The Bertz CT molecular complexity index is 969. The fourth-order valence-corrected chi connectivity index (χ4v) is 5.27. The predicted octanol–water partition coefficient (Wildman–Crippen LogP) is 5.28. The van der Waals surface area contributed by atoms with Crippen LogP contribution in [0.1, 0.15) is 31.1 Å². The summed E-state index contributed by atoms with van der Waals surface area (Å²) in [6, 6.07) is 11.9. The molecule has 0 bridgehead atoms. The highest BCUT2D eigenvalue weighted by molar-refractivity contribution is 7.23. The second-order valence-electron chi connectivity index (χ2n) is 6.74. The Kier molecular flexibility index (Phi) is 8.27. The number of ether oxygens (including phenoxy) is 1. The normalized spacial score (nSPS) is 12.2. The van der Waals surface area contributed by atoms with Crippen LogP contribution in [0, 0.1) is 0 Å². The van der Waals surface area contributed by atoms with E-state index in [0.29, 0.717) is 6.54 Å². The average molecular weight is 464 g/mol. The van der Waals surface area contributed by atoms with Crippen LogP contribution in [0.5, 0.6) is 5.75 Å². The van der Waals surface area contributed by atoms with Gasteiger partial charge in [-0.3, -0.25) is 9.69 Å². The number of rotatable bonds is 10. The van der Waals surface area contributed by atoms with Gasteiger partial charge in [0.15, 0.2) is 0 Å². The van der Waals surface area contributed by atoms with Gasteiger partial charge in [0, 0.05) is 11.9 Å². The molecule has 8 heteroatoms. The van der Waals surface area contributed by atoms with Crippen molar-refractivity contribution in [3.63, 3.8) is 0 Å². The number of thiophene rings is 1. The minimum absolute atomic E-state index is 0.0314. The van der Waals surface area contributed by atoms with Crippen LogP contribution in [0.3, 0.4) is 0 Å². The molecule has 3 rings (SSSR count). The summed E-state index contributed by atoms with van der Waals surface area (Å²) < 4.78 is 6.11. The Morgan fingerprint density at radius 1 is 1.27 bits per heavy atom. The molecule has 2 heterocycles. The Morgan fingerprint density at radius 3 is 2.73 bits per heavy atom. The fraction of sp³-hybridized carbons (Fsp3) is 0.364. The summed E-state index contributed by atoms with van der Waals surface area (Å²) in [6.07, 6.45) is 0.263. The number of likely N-dealkylation sites (N-methyl/N-ethyl adjacent to an activating group) is 1. The zero-order valence-electron chi connectivity index (χ0n) is 17.4. The summed E-state index contributed by atoms with van der Waals surface area (Å²) in [4.78, 5) is 20.6. The van der Waals surface area contributed by atoms with Gasteiger partial charge >= 0.3 is 0 Å². The van der Waals surface area contributed by atoms with Crippen molar-refractivity contribution in [3.05, 3.63) is 57.4 Å². The van der Waals surface area contributed by atoms with Crippen LogP contribution in [-0.2, 0) is 11.2 Å². The molecule has 1 N–H and O–H groups in total. The predicted molar refractivity (Wildman–Crippen MR) is 126 cm³/mol. The van der Waals surface area contributed by atoms with E-state index in [4.69, 9.17) is 16.3 Å². The molecule has 1 amide bonds. The number of halogens is 1. The van der Waals surface area contributed by atoms with E-state index in [1.54, 1.807) is 7.11 Å². The van der Waals surface area contributed by atoms with Crippen LogP contribution in [0.15, 0.2) is 41.8 Å². The third-order valence-electron chi connectivity index (χ3n) is 4.90. The van der Waals surface area contributed by atoms with E-state index in [0.717, 1.165) is 44.3 Å². The number of nitrogens with zero attached hydrogens (tertiary/aromatic N) is 2. The maximum Gasteiger partial charge on any atom is 0.226 e. The van der Waals surface area contributed by atoms with E-state index >= 15 is 0 Å². The maximum absolute atomic E-state index is 12.6. The molecule has 1 atom stereocenters. The maximum atomic E-state index is 12.6. The van der Waals surface area contributed by atoms with Crippen molar-refractivity contribution in [2.45, 2.75) is 26.3 Å². The van der Waals surface area contributed by atoms with E-state index in [1.807, 2.05) is 35.7 Å². The Balaban J connectivity index is 1.64. The highest BCUT2D eigenvalue weighted by Gasteiger charge is 2.20. The van der Waals surface area contributed by atoms with Gasteiger partial charge in [-0.05, 0) is 42.9 Å². The summed E-state index contributed by atoms with van der Waals surface area (Å²) in [5, 5.41) is 5.93. The molecule has 3 aromatic rings. The molecule has 1 aromatic carbocycles. The van der Waals surface area contributed by atoms with Crippen molar-refractivity contribution in [3.8, 4) is 15.6 Å². The van der Waals surface area contributed by atoms with Crippen molar-refractivity contribution < 1.29 is 9.53 Å². The second-order valence-corrected chi connectivity index (χ2v) is 9.32. The van der Waals surface area contributed by atoms with Crippen LogP contribution in [0.4, 0.5) is 0 Å². The smallest absolute Gasteiger partial charge is 0.226 e. The van der Waals surface area contributed by atoms with Gasteiger partial charge in [-0.2, -0.15) is 0 Å². The first-order valence-corrected chi connectivity index (χ1v) is 12.0. The van der Waals surface area contributed by atoms with Gasteiger partial charge in [0.2, 0.25) is 5.91 Å². The van der Waals surface area contributed by atoms with Gasteiger partial charge in [-0.25, -0.2) is 4.98 Å².